The van der Waals surface area contributed by atoms with E-state index in [9.17, 15) is 4.79 Å². The van der Waals surface area contributed by atoms with Crippen LogP contribution in [0.15, 0.2) is 36.5 Å². The van der Waals surface area contributed by atoms with Crippen LogP contribution in [0.1, 0.15) is 5.82 Å². The van der Waals surface area contributed by atoms with Crippen molar-refractivity contribution in [3.8, 4) is 11.3 Å². The van der Waals surface area contributed by atoms with Gasteiger partial charge in [-0.1, -0.05) is 30.3 Å². The van der Waals surface area contributed by atoms with Crippen LogP contribution in [0.25, 0.3) is 11.3 Å². The van der Waals surface area contributed by atoms with E-state index < -0.39 is 0 Å². The van der Waals surface area contributed by atoms with Gasteiger partial charge in [-0.15, -0.1) is 0 Å². The Bertz CT molecular complexity index is 545. The Morgan fingerprint density at radius 3 is 2.88 bits per heavy atom. The first-order valence-corrected chi connectivity index (χ1v) is 5.71. The number of carbonyl (C=O) groups is 1. The van der Waals surface area contributed by atoms with E-state index in [0.29, 0.717) is 13.1 Å². The lowest BCUT2D eigenvalue weighted by molar-refractivity contribution is -0.121. The molecule has 4 nitrogen and oxygen atoms in total. The number of fused-ring (bicyclic) bond motifs is 1. The van der Waals surface area contributed by atoms with Crippen molar-refractivity contribution in [1.82, 2.24) is 14.9 Å². The van der Waals surface area contributed by atoms with Crippen molar-refractivity contribution in [3.05, 3.63) is 42.4 Å². The first-order chi connectivity index (χ1) is 8.33. The minimum atomic E-state index is 0.0563. The van der Waals surface area contributed by atoms with Crippen molar-refractivity contribution in [2.75, 3.05) is 6.54 Å². The van der Waals surface area contributed by atoms with E-state index in [-0.39, 0.29) is 5.91 Å². The van der Waals surface area contributed by atoms with E-state index in [4.69, 9.17) is 0 Å². The molecule has 0 fully saturated rings. The normalized spacial score (nSPS) is 14.9. The van der Waals surface area contributed by atoms with Gasteiger partial charge in [-0.25, -0.2) is 4.98 Å². The molecule has 4 heteroatoms. The zero-order valence-corrected chi connectivity index (χ0v) is 9.39. The smallest absolute Gasteiger partial charge is 0.239 e. The summed E-state index contributed by atoms with van der Waals surface area (Å²) in [6.07, 6.45) is 2.74. The molecule has 3 rings (SSSR count). The summed E-state index contributed by atoms with van der Waals surface area (Å²) in [6, 6.07) is 10.0. The van der Waals surface area contributed by atoms with Crippen molar-refractivity contribution in [1.29, 1.82) is 0 Å². The van der Waals surface area contributed by atoms with E-state index in [1.54, 1.807) is 0 Å². The average Bonchev–Trinajstić information content (AvgIpc) is 2.66. The molecule has 1 aliphatic rings. The number of nitrogens with one attached hydrogen (secondary N) is 1. The highest BCUT2D eigenvalue weighted by atomic mass is 16.1. The number of hydrogen-bond donors (Lipinski definition) is 1. The standard InChI is InChI=1S/C13H13N3O/c17-13-9-16-8-11(10-4-2-1-3-5-10)15-12(16)6-7-14-13/h1-5,8H,6-7,9H2,(H,14,17). The summed E-state index contributed by atoms with van der Waals surface area (Å²) in [5.41, 5.74) is 2.03. The molecule has 0 saturated carbocycles. The molecular formula is C13H13N3O. The number of benzene rings is 1. The minimum absolute atomic E-state index is 0.0563. The second kappa shape index (κ2) is 4.05. The largest absolute Gasteiger partial charge is 0.354 e. The quantitative estimate of drug-likeness (QED) is 0.796. The van der Waals surface area contributed by atoms with E-state index in [1.165, 1.54) is 0 Å². The van der Waals surface area contributed by atoms with Gasteiger partial charge in [0, 0.05) is 24.7 Å². The van der Waals surface area contributed by atoms with Crippen LogP contribution in [0.5, 0.6) is 0 Å². The molecule has 0 atom stereocenters. The molecular weight excluding hydrogens is 214 g/mol. The summed E-state index contributed by atoms with van der Waals surface area (Å²) in [5, 5.41) is 2.84. The Labute approximate surface area is 99.3 Å². The number of hydrogen-bond acceptors (Lipinski definition) is 2. The molecule has 2 heterocycles. The predicted octanol–water partition coefficient (Wildman–Crippen LogP) is 1.22. The fraction of sp³-hybridized carbons (Fsp3) is 0.231. The Kier molecular flexibility index (Phi) is 2.40. The van der Waals surface area contributed by atoms with Crippen molar-refractivity contribution >= 4 is 5.91 Å². The lowest BCUT2D eigenvalue weighted by atomic mass is 10.2. The van der Waals surface area contributed by atoms with Crippen molar-refractivity contribution < 1.29 is 4.79 Å². The van der Waals surface area contributed by atoms with Crippen LogP contribution in [-0.4, -0.2) is 22.0 Å². The van der Waals surface area contributed by atoms with Gasteiger partial charge in [0.1, 0.15) is 12.4 Å². The molecule has 0 radical (unpaired) electrons. The average molecular weight is 227 g/mol. The fourth-order valence-electron chi connectivity index (χ4n) is 2.06. The maximum absolute atomic E-state index is 11.4. The fourth-order valence-corrected chi connectivity index (χ4v) is 2.06. The van der Waals surface area contributed by atoms with Gasteiger partial charge in [-0.05, 0) is 0 Å². The maximum atomic E-state index is 11.4. The van der Waals surface area contributed by atoms with Gasteiger partial charge in [0.05, 0.1) is 5.69 Å². The van der Waals surface area contributed by atoms with Crippen molar-refractivity contribution in [2.45, 2.75) is 13.0 Å². The van der Waals surface area contributed by atoms with Gasteiger partial charge in [0.15, 0.2) is 0 Å². The zero-order chi connectivity index (χ0) is 11.7. The molecule has 1 amide bonds. The zero-order valence-electron chi connectivity index (χ0n) is 9.39. The van der Waals surface area contributed by atoms with Crippen molar-refractivity contribution in [3.63, 3.8) is 0 Å². The number of aromatic nitrogens is 2. The highest BCUT2D eigenvalue weighted by Crippen LogP contribution is 2.19. The van der Waals surface area contributed by atoms with Crippen LogP contribution in [0.2, 0.25) is 0 Å². The van der Waals surface area contributed by atoms with E-state index in [2.05, 4.69) is 10.3 Å². The SMILES string of the molecule is O=C1Cn2cc(-c3ccccc3)nc2CCN1. The summed E-state index contributed by atoms with van der Waals surface area (Å²) in [6.45, 7) is 1.04. The summed E-state index contributed by atoms with van der Waals surface area (Å²) >= 11 is 0. The van der Waals surface area contributed by atoms with Gasteiger partial charge < -0.3 is 9.88 Å². The van der Waals surface area contributed by atoms with Crippen LogP contribution in [-0.2, 0) is 17.8 Å². The van der Waals surface area contributed by atoms with E-state index in [0.717, 1.165) is 23.5 Å². The lowest BCUT2D eigenvalue weighted by Crippen LogP contribution is -2.25. The summed E-state index contributed by atoms with van der Waals surface area (Å²) in [5.74, 6) is 1.03. The maximum Gasteiger partial charge on any atom is 0.239 e. The van der Waals surface area contributed by atoms with Gasteiger partial charge in [-0.3, -0.25) is 4.79 Å². The highest BCUT2D eigenvalue weighted by molar-refractivity contribution is 5.76. The third kappa shape index (κ3) is 1.93. The topological polar surface area (TPSA) is 46.9 Å². The first-order valence-electron chi connectivity index (χ1n) is 5.71. The molecule has 1 aliphatic heterocycles. The molecule has 0 aliphatic carbocycles. The number of rotatable bonds is 1. The summed E-state index contributed by atoms with van der Waals surface area (Å²) in [7, 11) is 0. The lowest BCUT2D eigenvalue weighted by Gasteiger charge is -1.99. The Morgan fingerprint density at radius 1 is 1.24 bits per heavy atom. The molecule has 0 saturated heterocycles. The number of imidazole rings is 1. The summed E-state index contributed by atoms with van der Waals surface area (Å²) < 4.78 is 1.94. The van der Waals surface area contributed by atoms with Crippen LogP contribution < -0.4 is 5.32 Å². The Hall–Kier alpha value is -2.10. The van der Waals surface area contributed by atoms with Crippen LogP contribution >= 0.6 is 0 Å². The van der Waals surface area contributed by atoms with Gasteiger partial charge in [0.25, 0.3) is 0 Å². The molecule has 0 spiro atoms. The third-order valence-corrected chi connectivity index (χ3v) is 2.91. The number of amides is 1. The number of nitrogens with zero attached hydrogens (tertiary/aromatic N) is 2. The molecule has 1 aromatic carbocycles. The third-order valence-electron chi connectivity index (χ3n) is 2.91. The number of carbonyl (C=O) groups excluding carboxylic acids is 1. The molecule has 86 valence electrons. The predicted molar refractivity (Wildman–Crippen MR) is 64.4 cm³/mol. The molecule has 17 heavy (non-hydrogen) atoms. The molecule has 1 N–H and O–H groups in total. The molecule has 0 unspecified atom stereocenters. The first kappa shape index (κ1) is 10.1. The second-order valence-corrected chi connectivity index (χ2v) is 4.14. The monoisotopic (exact) mass is 227 g/mol. The Balaban J connectivity index is 2.00. The Morgan fingerprint density at radius 2 is 2.06 bits per heavy atom. The van der Waals surface area contributed by atoms with Gasteiger partial charge in [0.2, 0.25) is 5.91 Å². The van der Waals surface area contributed by atoms with E-state index >= 15 is 0 Å². The van der Waals surface area contributed by atoms with Crippen LogP contribution in [0.3, 0.4) is 0 Å². The van der Waals surface area contributed by atoms with Gasteiger partial charge >= 0.3 is 0 Å². The van der Waals surface area contributed by atoms with Crippen LogP contribution in [0, 0.1) is 0 Å². The summed E-state index contributed by atoms with van der Waals surface area (Å²) in [4.78, 5) is 16.0. The molecule has 1 aromatic heterocycles. The van der Waals surface area contributed by atoms with Crippen molar-refractivity contribution in [2.24, 2.45) is 0 Å². The second-order valence-electron chi connectivity index (χ2n) is 4.14. The van der Waals surface area contributed by atoms with E-state index in [1.807, 2.05) is 41.1 Å². The minimum Gasteiger partial charge on any atom is -0.354 e. The molecule has 0 bridgehead atoms. The molecule has 2 aromatic rings. The van der Waals surface area contributed by atoms with Gasteiger partial charge in [-0.2, -0.15) is 0 Å². The highest BCUT2D eigenvalue weighted by Gasteiger charge is 2.15. The van der Waals surface area contributed by atoms with Crippen LogP contribution in [0.4, 0.5) is 0 Å².